The van der Waals surface area contributed by atoms with Crippen LogP contribution in [-0.4, -0.2) is 78.4 Å². The molecule has 1 atom stereocenters. The number of furan rings is 1. The van der Waals surface area contributed by atoms with Gasteiger partial charge in [0.25, 0.3) is 5.91 Å². The summed E-state index contributed by atoms with van der Waals surface area (Å²) >= 11 is 0. The van der Waals surface area contributed by atoms with Crippen molar-refractivity contribution in [1.29, 1.82) is 0 Å². The normalized spacial score (nSPS) is 24.0. The maximum atomic E-state index is 12.5. The highest BCUT2D eigenvalue weighted by Crippen LogP contribution is 2.31. The summed E-state index contributed by atoms with van der Waals surface area (Å²) in [5.74, 6) is -0.0879. The largest absolute Gasteiger partial charge is 0.459 e. The monoisotopic (exact) mass is 320 g/mol. The fraction of sp³-hybridized carbons (Fsp3) is 0.533. The Morgan fingerprint density at radius 2 is 2.17 bits per heavy atom. The number of nitrogens with one attached hydrogen (secondary N) is 1. The predicted molar refractivity (Wildman–Crippen MR) is 80.8 cm³/mol. The van der Waals surface area contributed by atoms with E-state index in [2.05, 4.69) is 5.32 Å². The second-order valence-corrected chi connectivity index (χ2v) is 6.22. The molecule has 0 aromatic carbocycles. The first-order valence-electron chi connectivity index (χ1n) is 7.51. The molecule has 2 aliphatic rings. The average Bonchev–Trinajstić information content (AvgIpc) is 3.19. The van der Waals surface area contributed by atoms with Crippen LogP contribution in [0.1, 0.15) is 17.0 Å². The summed E-state index contributed by atoms with van der Waals surface area (Å²) in [5.41, 5.74) is -0.558. The van der Waals surface area contributed by atoms with Gasteiger partial charge in [0, 0.05) is 33.7 Å². The van der Waals surface area contributed by atoms with E-state index >= 15 is 0 Å². The topological polar surface area (TPSA) is 86.1 Å². The number of urea groups is 1. The number of hydrogen-bond acceptors (Lipinski definition) is 4. The first-order valence-corrected chi connectivity index (χ1v) is 7.51. The van der Waals surface area contributed by atoms with Gasteiger partial charge in [-0.1, -0.05) is 0 Å². The van der Waals surface area contributed by atoms with Crippen LogP contribution in [0.25, 0.3) is 0 Å². The lowest BCUT2D eigenvalue weighted by atomic mass is 9.93. The first kappa shape index (κ1) is 15.4. The van der Waals surface area contributed by atoms with Gasteiger partial charge in [0.1, 0.15) is 6.54 Å². The third-order valence-electron chi connectivity index (χ3n) is 4.45. The molecule has 2 saturated heterocycles. The maximum absolute atomic E-state index is 12.5. The third-order valence-corrected chi connectivity index (χ3v) is 4.45. The van der Waals surface area contributed by atoms with E-state index in [1.165, 1.54) is 11.2 Å². The Labute approximate surface area is 134 Å². The predicted octanol–water partition coefficient (Wildman–Crippen LogP) is -0.0223. The molecule has 1 unspecified atom stereocenters. The minimum absolute atomic E-state index is 0.0137. The van der Waals surface area contributed by atoms with E-state index in [0.717, 1.165) is 0 Å². The van der Waals surface area contributed by atoms with Crippen LogP contribution in [0.2, 0.25) is 0 Å². The molecule has 0 radical (unpaired) electrons. The molecular formula is C15H20N4O4. The Hall–Kier alpha value is -2.51. The molecular weight excluding hydrogens is 300 g/mol. The number of amides is 4. The van der Waals surface area contributed by atoms with Crippen LogP contribution in [-0.2, 0) is 4.79 Å². The van der Waals surface area contributed by atoms with E-state index in [1.54, 1.807) is 36.0 Å². The van der Waals surface area contributed by atoms with Gasteiger partial charge in [-0.25, -0.2) is 4.79 Å². The number of piperazine rings is 1. The van der Waals surface area contributed by atoms with Crippen molar-refractivity contribution in [3.63, 3.8) is 0 Å². The van der Waals surface area contributed by atoms with Crippen LogP contribution in [0.4, 0.5) is 4.79 Å². The zero-order valence-corrected chi connectivity index (χ0v) is 13.2. The van der Waals surface area contributed by atoms with Crippen molar-refractivity contribution in [3.8, 4) is 0 Å². The van der Waals surface area contributed by atoms with Crippen molar-refractivity contribution < 1.29 is 18.8 Å². The van der Waals surface area contributed by atoms with Crippen molar-refractivity contribution in [3.05, 3.63) is 24.2 Å². The van der Waals surface area contributed by atoms with Crippen LogP contribution in [0, 0.1) is 0 Å². The second kappa shape index (κ2) is 5.60. The zero-order chi connectivity index (χ0) is 16.6. The lowest BCUT2D eigenvalue weighted by Crippen LogP contribution is -2.67. The zero-order valence-electron chi connectivity index (χ0n) is 13.2. The van der Waals surface area contributed by atoms with Crippen molar-refractivity contribution >= 4 is 17.8 Å². The lowest BCUT2D eigenvalue weighted by Gasteiger charge is -2.45. The van der Waals surface area contributed by atoms with Gasteiger partial charge in [-0.15, -0.1) is 0 Å². The fourth-order valence-corrected chi connectivity index (χ4v) is 3.19. The molecule has 124 valence electrons. The molecule has 0 aliphatic carbocycles. The van der Waals surface area contributed by atoms with Crippen LogP contribution in [0.5, 0.6) is 0 Å². The molecule has 0 saturated carbocycles. The van der Waals surface area contributed by atoms with E-state index in [9.17, 15) is 14.4 Å². The van der Waals surface area contributed by atoms with E-state index in [1.807, 2.05) is 0 Å². The molecule has 1 aromatic rings. The minimum Gasteiger partial charge on any atom is -0.459 e. The van der Waals surface area contributed by atoms with Gasteiger partial charge in [0.15, 0.2) is 5.76 Å². The highest BCUT2D eigenvalue weighted by Gasteiger charge is 2.50. The van der Waals surface area contributed by atoms with Crippen molar-refractivity contribution in [2.45, 2.75) is 12.0 Å². The van der Waals surface area contributed by atoms with Crippen LogP contribution in [0.15, 0.2) is 22.8 Å². The Bertz CT molecular complexity index is 627. The molecule has 1 spiro atoms. The van der Waals surface area contributed by atoms with Gasteiger partial charge >= 0.3 is 6.03 Å². The lowest BCUT2D eigenvalue weighted by molar-refractivity contribution is -0.126. The van der Waals surface area contributed by atoms with Gasteiger partial charge in [-0.2, -0.15) is 0 Å². The second-order valence-electron chi connectivity index (χ2n) is 6.22. The van der Waals surface area contributed by atoms with E-state index < -0.39 is 5.54 Å². The Morgan fingerprint density at radius 1 is 1.39 bits per heavy atom. The smallest absolute Gasteiger partial charge is 0.320 e. The Morgan fingerprint density at radius 3 is 2.83 bits per heavy atom. The summed E-state index contributed by atoms with van der Waals surface area (Å²) < 4.78 is 5.16. The van der Waals surface area contributed by atoms with Crippen LogP contribution in [0.3, 0.4) is 0 Å². The number of carbonyl (C=O) groups is 3. The Balaban J connectivity index is 1.81. The molecule has 2 fully saturated rings. The average molecular weight is 320 g/mol. The van der Waals surface area contributed by atoms with Gasteiger partial charge in [0.05, 0.1) is 11.8 Å². The summed E-state index contributed by atoms with van der Waals surface area (Å²) in [6.07, 6.45) is 2.08. The maximum Gasteiger partial charge on any atom is 0.320 e. The van der Waals surface area contributed by atoms with Crippen LogP contribution >= 0.6 is 0 Å². The number of likely N-dealkylation sites (tertiary alicyclic amines) is 1. The fourth-order valence-electron chi connectivity index (χ4n) is 3.19. The molecule has 8 nitrogen and oxygen atoms in total. The molecule has 4 amide bonds. The summed E-state index contributed by atoms with van der Waals surface area (Å²) in [7, 11) is 3.31. The number of rotatable bonds is 1. The molecule has 8 heteroatoms. The number of nitrogens with zero attached hydrogens (tertiary/aromatic N) is 3. The molecule has 23 heavy (non-hydrogen) atoms. The summed E-state index contributed by atoms with van der Waals surface area (Å²) in [4.78, 5) is 41.3. The Kier molecular flexibility index (Phi) is 3.75. The van der Waals surface area contributed by atoms with E-state index in [0.29, 0.717) is 26.1 Å². The summed E-state index contributed by atoms with van der Waals surface area (Å²) in [6, 6.07) is 3.08. The number of hydrogen-bond donors (Lipinski definition) is 1. The molecule has 1 aromatic heterocycles. The van der Waals surface area contributed by atoms with E-state index in [-0.39, 0.29) is 30.2 Å². The third kappa shape index (κ3) is 2.64. The highest BCUT2D eigenvalue weighted by atomic mass is 16.3. The van der Waals surface area contributed by atoms with Gasteiger partial charge in [0.2, 0.25) is 5.91 Å². The molecule has 0 bridgehead atoms. The number of carbonyl (C=O) groups excluding carboxylic acids is 3. The van der Waals surface area contributed by atoms with Gasteiger partial charge in [-0.05, 0) is 18.6 Å². The standard InChI is InChI=1S/C15H20N4O4/c1-17(2)14(22)19-8-12(20)16-9-15(19)5-6-18(10-15)13(21)11-4-3-7-23-11/h3-4,7H,5-6,8-10H2,1-2H3,(H,16,20). The molecule has 2 aliphatic heterocycles. The van der Waals surface area contributed by atoms with Gasteiger partial charge in [-0.3, -0.25) is 9.59 Å². The van der Waals surface area contributed by atoms with Crippen molar-refractivity contribution in [1.82, 2.24) is 20.0 Å². The highest BCUT2D eigenvalue weighted by molar-refractivity contribution is 5.92. The van der Waals surface area contributed by atoms with Crippen molar-refractivity contribution in [2.24, 2.45) is 0 Å². The molecule has 3 rings (SSSR count). The summed E-state index contributed by atoms with van der Waals surface area (Å²) in [5, 5.41) is 2.82. The molecule has 1 N–H and O–H groups in total. The molecule has 3 heterocycles. The van der Waals surface area contributed by atoms with Crippen molar-refractivity contribution in [2.75, 3.05) is 40.3 Å². The van der Waals surface area contributed by atoms with E-state index in [4.69, 9.17) is 4.42 Å². The van der Waals surface area contributed by atoms with Crippen LogP contribution < -0.4 is 5.32 Å². The quantitative estimate of drug-likeness (QED) is 0.788. The minimum atomic E-state index is -0.558. The summed E-state index contributed by atoms with van der Waals surface area (Å²) in [6.45, 7) is 1.27. The van der Waals surface area contributed by atoms with Gasteiger partial charge < -0.3 is 24.4 Å². The SMILES string of the molecule is CN(C)C(=O)N1CC(=O)NCC12CCN(C(=O)c1ccco1)C2. The first-order chi connectivity index (χ1) is 10.9.